The van der Waals surface area contributed by atoms with Crippen LogP contribution in [0.5, 0.6) is 5.75 Å². The zero-order valence-electron chi connectivity index (χ0n) is 12.2. The van der Waals surface area contributed by atoms with Crippen molar-refractivity contribution < 1.29 is 10.2 Å². The molecule has 2 nitrogen and oxygen atoms in total. The van der Waals surface area contributed by atoms with Gasteiger partial charge in [0, 0.05) is 5.56 Å². The van der Waals surface area contributed by atoms with Gasteiger partial charge < -0.3 is 10.2 Å². The molecule has 0 unspecified atom stereocenters. The number of benzene rings is 1. The van der Waals surface area contributed by atoms with Crippen LogP contribution in [-0.4, -0.2) is 16.3 Å². The molecule has 1 aromatic rings. The number of aromatic hydroxyl groups is 1. The van der Waals surface area contributed by atoms with Gasteiger partial charge in [-0.15, -0.1) is 0 Å². The first-order chi connectivity index (χ1) is 9.61. The van der Waals surface area contributed by atoms with Gasteiger partial charge in [-0.2, -0.15) is 0 Å². The van der Waals surface area contributed by atoms with Gasteiger partial charge in [-0.1, -0.05) is 19.1 Å². The van der Waals surface area contributed by atoms with Crippen LogP contribution in [0.3, 0.4) is 0 Å². The van der Waals surface area contributed by atoms with Crippen molar-refractivity contribution in [2.45, 2.75) is 57.5 Å². The van der Waals surface area contributed by atoms with Crippen LogP contribution in [0.4, 0.5) is 0 Å². The van der Waals surface area contributed by atoms with Gasteiger partial charge in [0.2, 0.25) is 0 Å². The summed E-state index contributed by atoms with van der Waals surface area (Å²) in [5.74, 6) is 2.32. The zero-order valence-corrected chi connectivity index (χ0v) is 12.2. The number of hydrogen-bond donors (Lipinski definition) is 2. The number of hydrogen-bond acceptors (Lipinski definition) is 2. The Morgan fingerprint density at radius 3 is 2.85 bits per heavy atom. The third-order valence-electron chi connectivity index (χ3n) is 6.68. The molecule has 2 heteroatoms. The Balaban J connectivity index is 1.75. The lowest BCUT2D eigenvalue weighted by Gasteiger charge is -2.50. The van der Waals surface area contributed by atoms with Crippen molar-refractivity contribution in [3.63, 3.8) is 0 Å². The van der Waals surface area contributed by atoms with E-state index in [1.54, 1.807) is 0 Å². The Hall–Kier alpha value is -1.02. The van der Waals surface area contributed by atoms with Crippen LogP contribution in [0, 0.1) is 17.3 Å². The SMILES string of the molecule is C[C@]12CC[C@@H]3c4c(O)cccc4CC[C@H]3[C@@H]1CC[C@@H]2O. The number of aryl methyl sites for hydroxylation is 1. The Labute approximate surface area is 120 Å². The molecule has 2 saturated carbocycles. The number of aliphatic hydroxyl groups excluding tert-OH is 1. The van der Waals surface area contributed by atoms with Crippen molar-refractivity contribution in [2.24, 2.45) is 17.3 Å². The van der Waals surface area contributed by atoms with E-state index >= 15 is 0 Å². The molecule has 0 aromatic heterocycles. The van der Waals surface area contributed by atoms with Gasteiger partial charge in [-0.25, -0.2) is 0 Å². The van der Waals surface area contributed by atoms with Crippen LogP contribution < -0.4 is 0 Å². The maximum Gasteiger partial charge on any atom is 0.119 e. The first-order valence-electron chi connectivity index (χ1n) is 8.10. The average Bonchev–Trinajstić information content (AvgIpc) is 2.75. The van der Waals surface area contributed by atoms with Crippen LogP contribution in [0.1, 0.15) is 56.1 Å². The summed E-state index contributed by atoms with van der Waals surface area (Å²) in [6.45, 7) is 2.30. The third-order valence-corrected chi connectivity index (χ3v) is 6.68. The van der Waals surface area contributed by atoms with Crippen LogP contribution in [0.25, 0.3) is 0 Å². The van der Waals surface area contributed by atoms with Crippen molar-refractivity contribution in [1.82, 2.24) is 0 Å². The quantitative estimate of drug-likeness (QED) is 0.757. The number of phenolic OH excluding ortho intramolecular Hbond substituents is 1. The minimum Gasteiger partial charge on any atom is -0.508 e. The molecular formula is C18H24O2. The molecule has 1 aromatic carbocycles. The molecule has 0 saturated heterocycles. The van der Waals surface area contributed by atoms with E-state index in [1.807, 2.05) is 12.1 Å². The van der Waals surface area contributed by atoms with Gasteiger partial charge >= 0.3 is 0 Å². The first kappa shape index (κ1) is 12.7. The predicted molar refractivity (Wildman–Crippen MR) is 78.7 cm³/mol. The zero-order chi connectivity index (χ0) is 13.9. The van der Waals surface area contributed by atoms with Crippen molar-refractivity contribution in [1.29, 1.82) is 0 Å². The summed E-state index contributed by atoms with van der Waals surface area (Å²) >= 11 is 0. The lowest BCUT2D eigenvalue weighted by atomic mass is 9.55. The fraction of sp³-hybridized carbons (Fsp3) is 0.667. The molecule has 108 valence electrons. The Morgan fingerprint density at radius 1 is 1.15 bits per heavy atom. The Kier molecular flexibility index (Phi) is 2.69. The molecule has 0 radical (unpaired) electrons. The third kappa shape index (κ3) is 1.54. The molecule has 20 heavy (non-hydrogen) atoms. The number of rotatable bonds is 0. The Bertz CT molecular complexity index is 538. The predicted octanol–water partition coefficient (Wildman–Crippen LogP) is 3.61. The topological polar surface area (TPSA) is 40.5 Å². The van der Waals surface area contributed by atoms with Crippen molar-refractivity contribution >= 4 is 0 Å². The molecule has 3 aliphatic carbocycles. The summed E-state index contributed by atoms with van der Waals surface area (Å²) in [5.41, 5.74) is 2.71. The van der Waals surface area contributed by atoms with E-state index in [9.17, 15) is 10.2 Å². The lowest BCUT2D eigenvalue weighted by Crippen LogP contribution is -2.43. The largest absolute Gasteiger partial charge is 0.508 e. The Morgan fingerprint density at radius 2 is 2.00 bits per heavy atom. The molecule has 0 aliphatic heterocycles. The van der Waals surface area contributed by atoms with Crippen LogP contribution >= 0.6 is 0 Å². The van der Waals surface area contributed by atoms with E-state index in [2.05, 4.69) is 13.0 Å². The minimum absolute atomic E-state index is 0.112. The molecule has 0 bridgehead atoms. The van der Waals surface area contributed by atoms with Crippen molar-refractivity contribution in [3.8, 4) is 5.75 Å². The molecular weight excluding hydrogens is 248 g/mol. The molecule has 2 fully saturated rings. The van der Waals surface area contributed by atoms with Crippen molar-refractivity contribution in [2.75, 3.05) is 0 Å². The lowest BCUT2D eigenvalue weighted by molar-refractivity contribution is -0.0229. The molecule has 4 rings (SSSR count). The molecule has 0 amide bonds. The number of aliphatic hydroxyl groups is 1. The molecule has 5 atom stereocenters. The summed E-state index contributed by atoms with van der Waals surface area (Å²) in [5, 5.41) is 20.7. The molecule has 0 spiro atoms. The highest BCUT2D eigenvalue weighted by molar-refractivity contribution is 5.44. The monoisotopic (exact) mass is 272 g/mol. The van der Waals surface area contributed by atoms with Crippen LogP contribution in [0.15, 0.2) is 18.2 Å². The van der Waals surface area contributed by atoms with Gasteiger partial charge in [0.15, 0.2) is 0 Å². The van der Waals surface area contributed by atoms with Gasteiger partial charge in [-0.05, 0) is 73.3 Å². The summed E-state index contributed by atoms with van der Waals surface area (Å²) in [4.78, 5) is 0. The van der Waals surface area contributed by atoms with E-state index < -0.39 is 0 Å². The number of fused-ring (bicyclic) bond motifs is 5. The van der Waals surface area contributed by atoms with E-state index in [1.165, 1.54) is 24.0 Å². The van der Waals surface area contributed by atoms with E-state index in [0.29, 0.717) is 23.5 Å². The highest BCUT2D eigenvalue weighted by Gasteiger charge is 2.54. The summed E-state index contributed by atoms with van der Waals surface area (Å²) in [7, 11) is 0. The maximum absolute atomic E-state index is 10.4. The fourth-order valence-corrected chi connectivity index (χ4v) is 5.59. The van der Waals surface area contributed by atoms with Gasteiger partial charge in [0.1, 0.15) is 5.75 Å². The molecule has 0 heterocycles. The smallest absolute Gasteiger partial charge is 0.119 e. The van der Waals surface area contributed by atoms with Gasteiger partial charge in [0.25, 0.3) is 0 Å². The van der Waals surface area contributed by atoms with Crippen LogP contribution in [-0.2, 0) is 6.42 Å². The van der Waals surface area contributed by atoms with Crippen molar-refractivity contribution in [3.05, 3.63) is 29.3 Å². The van der Waals surface area contributed by atoms with E-state index in [4.69, 9.17) is 0 Å². The second kappa shape index (κ2) is 4.24. The maximum atomic E-state index is 10.4. The highest BCUT2D eigenvalue weighted by Crippen LogP contribution is 2.61. The first-order valence-corrected chi connectivity index (χ1v) is 8.10. The average molecular weight is 272 g/mol. The highest BCUT2D eigenvalue weighted by atomic mass is 16.3. The summed E-state index contributed by atoms with van der Waals surface area (Å²) < 4.78 is 0. The van der Waals surface area contributed by atoms with Crippen LogP contribution in [0.2, 0.25) is 0 Å². The molecule has 3 aliphatic rings. The number of phenols is 1. The van der Waals surface area contributed by atoms with Gasteiger partial charge in [0.05, 0.1) is 6.10 Å². The van der Waals surface area contributed by atoms with Gasteiger partial charge in [-0.3, -0.25) is 0 Å². The summed E-state index contributed by atoms with van der Waals surface area (Å²) in [6.07, 6.45) is 6.58. The van der Waals surface area contributed by atoms with E-state index in [-0.39, 0.29) is 11.5 Å². The normalized spacial score (nSPS) is 42.7. The van der Waals surface area contributed by atoms with E-state index in [0.717, 1.165) is 25.7 Å². The minimum atomic E-state index is -0.112. The second-order valence-corrected chi connectivity index (χ2v) is 7.40. The standard InChI is InChI=1S/C18H24O2/c1-18-10-9-13-12(14(18)7-8-16(18)20)6-5-11-3-2-4-15(19)17(11)13/h2-4,12-14,16,19-20H,5-10H2,1H3/t12-,13+,14+,16+,18+/m1/s1. The fourth-order valence-electron chi connectivity index (χ4n) is 5.59. The molecule has 2 N–H and O–H groups in total. The second-order valence-electron chi connectivity index (χ2n) is 7.40. The summed E-state index contributed by atoms with van der Waals surface area (Å²) in [6, 6.07) is 6.00.